The zero-order valence-corrected chi connectivity index (χ0v) is 14.1. The lowest BCUT2D eigenvalue weighted by Gasteiger charge is -2.11. The van der Waals surface area contributed by atoms with E-state index >= 15 is 0 Å². The number of rotatable bonds is 2. The van der Waals surface area contributed by atoms with E-state index in [-0.39, 0.29) is 0 Å². The van der Waals surface area contributed by atoms with Gasteiger partial charge in [-0.25, -0.2) is 0 Å². The second-order valence-corrected chi connectivity index (χ2v) is 6.27. The number of aryl methyl sites for hydroxylation is 1. The van der Waals surface area contributed by atoms with Gasteiger partial charge >= 0.3 is 0 Å². The first-order valence-electron chi connectivity index (χ1n) is 7.57. The lowest BCUT2D eigenvalue weighted by Crippen LogP contribution is -2.15. The van der Waals surface area contributed by atoms with Gasteiger partial charge in [0.1, 0.15) is 0 Å². The molecule has 0 unspecified atom stereocenters. The topological polar surface area (TPSA) is 111 Å². The van der Waals surface area contributed by atoms with Gasteiger partial charge in [0.25, 0.3) is 5.91 Å². The number of nitrogen functional groups attached to an aromatic ring is 1. The molecule has 1 aromatic carbocycles. The zero-order valence-electron chi connectivity index (χ0n) is 13.3. The molecule has 4 rings (SSSR count). The molecular weight excluding hydrogens is 338 g/mol. The summed E-state index contributed by atoms with van der Waals surface area (Å²) in [5, 5.41) is 2.24. The smallest absolute Gasteiger partial charge is 0.251 e. The zero-order chi connectivity index (χ0) is 17.7. The molecule has 7 heteroatoms. The molecule has 6 nitrogen and oxygen atoms in total. The molecule has 0 aliphatic rings. The van der Waals surface area contributed by atoms with E-state index in [0.29, 0.717) is 27.5 Å². The molecule has 0 spiro atoms. The normalized spacial score (nSPS) is 11.3. The molecule has 0 aliphatic heterocycles. The van der Waals surface area contributed by atoms with Crippen molar-refractivity contribution in [3.05, 3.63) is 53.1 Å². The van der Waals surface area contributed by atoms with Gasteiger partial charge in [-0.3, -0.25) is 14.8 Å². The van der Waals surface area contributed by atoms with Crippen molar-refractivity contribution in [1.82, 2.24) is 15.0 Å². The third-order valence-corrected chi connectivity index (χ3v) is 4.50. The van der Waals surface area contributed by atoms with E-state index in [9.17, 15) is 4.79 Å². The second-order valence-electron chi connectivity index (χ2n) is 5.84. The Hall–Kier alpha value is -3.12. The Labute approximate surface area is 147 Å². The maximum Gasteiger partial charge on any atom is 0.251 e. The van der Waals surface area contributed by atoms with Crippen LogP contribution in [0.15, 0.2) is 36.8 Å². The van der Waals surface area contributed by atoms with Crippen molar-refractivity contribution >= 4 is 45.0 Å². The predicted octanol–water partition coefficient (Wildman–Crippen LogP) is 3.42. The van der Waals surface area contributed by atoms with Gasteiger partial charge in [-0.1, -0.05) is 11.6 Å². The Morgan fingerprint density at radius 2 is 2.04 bits per heavy atom. The number of aromatic nitrogens is 3. The fraction of sp³-hybridized carbons (Fsp3) is 0.0556. The van der Waals surface area contributed by atoms with Crippen molar-refractivity contribution in [2.24, 2.45) is 5.73 Å². The summed E-state index contributed by atoms with van der Waals surface area (Å²) in [7, 11) is 0. The van der Waals surface area contributed by atoms with Crippen LogP contribution < -0.4 is 11.5 Å². The number of nitrogens with one attached hydrogen (secondary N) is 1. The van der Waals surface area contributed by atoms with Crippen LogP contribution in [0.4, 0.5) is 5.69 Å². The minimum absolute atomic E-state index is 0.371. The van der Waals surface area contributed by atoms with Gasteiger partial charge in [-0.2, -0.15) is 0 Å². The van der Waals surface area contributed by atoms with Crippen molar-refractivity contribution < 1.29 is 4.79 Å². The van der Waals surface area contributed by atoms with Crippen LogP contribution in [0.3, 0.4) is 0 Å². The highest BCUT2D eigenvalue weighted by molar-refractivity contribution is 6.33. The molecule has 0 saturated heterocycles. The van der Waals surface area contributed by atoms with E-state index in [4.69, 9.17) is 23.1 Å². The van der Waals surface area contributed by atoms with Crippen LogP contribution in [0, 0.1) is 6.92 Å². The molecule has 0 fully saturated rings. The largest absolute Gasteiger partial charge is 0.397 e. The van der Waals surface area contributed by atoms with Crippen molar-refractivity contribution in [3.8, 4) is 11.1 Å². The Morgan fingerprint density at radius 3 is 2.80 bits per heavy atom. The van der Waals surface area contributed by atoms with Gasteiger partial charge in [0.2, 0.25) is 0 Å². The van der Waals surface area contributed by atoms with E-state index in [1.807, 2.05) is 6.07 Å². The van der Waals surface area contributed by atoms with Gasteiger partial charge in [-0.15, -0.1) is 0 Å². The highest BCUT2D eigenvalue weighted by Crippen LogP contribution is 2.38. The van der Waals surface area contributed by atoms with Gasteiger partial charge in [0.15, 0.2) is 0 Å². The summed E-state index contributed by atoms with van der Waals surface area (Å²) in [5.41, 5.74) is 16.2. The Balaban J connectivity index is 2.17. The number of amides is 1. The highest BCUT2D eigenvalue weighted by atomic mass is 35.5. The number of nitrogens with two attached hydrogens (primary N) is 2. The second kappa shape index (κ2) is 5.46. The SMILES string of the molecule is Cc1nccc(-c2cc(Cl)cc3c2[nH]c2cncc(N)c23)c1C(N)=O. The van der Waals surface area contributed by atoms with Crippen LogP contribution in [0.5, 0.6) is 0 Å². The third kappa shape index (κ3) is 2.30. The van der Waals surface area contributed by atoms with Crippen LogP contribution >= 0.6 is 11.6 Å². The van der Waals surface area contributed by atoms with Crippen molar-refractivity contribution in [1.29, 1.82) is 0 Å². The first-order valence-corrected chi connectivity index (χ1v) is 7.95. The van der Waals surface area contributed by atoms with E-state index in [1.54, 1.807) is 37.6 Å². The number of pyridine rings is 2. The summed E-state index contributed by atoms with van der Waals surface area (Å²) in [6, 6.07) is 5.39. The third-order valence-electron chi connectivity index (χ3n) is 4.28. The molecule has 0 bridgehead atoms. The number of benzene rings is 1. The molecule has 1 amide bonds. The van der Waals surface area contributed by atoms with E-state index in [0.717, 1.165) is 27.4 Å². The summed E-state index contributed by atoms with van der Waals surface area (Å²) in [5.74, 6) is -0.536. The van der Waals surface area contributed by atoms with Gasteiger partial charge in [0.05, 0.1) is 40.4 Å². The maximum absolute atomic E-state index is 12.0. The predicted molar refractivity (Wildman–Crippen MR) is 99.5 cm³/mol. The average molecular weight is 352 g/mol. The fourth-order valence-corrected chi connectivity index (χ4v) is 3.48. The summed E-state index contributed by atoms with van der Waals surface area (Å²) in [4.78, 5) is 23.6. The first-order chi connectivity index (χ1) is 12.0. The number of hydrogen-bond donors (Lipinski definition) is 3. The standard InChI is InChI=1S/C18H14ClN5O/c1-8-15(18(21)25)10(2-3-23-8)11-4-9(19)5-12-16-13(20)6-22-7-14(16)24-17(11)12/h2-7,24H,20H2,1H3,(H2,21,25). The molecule has 0 radical (unpaired) electrons. The number of hydrogen-bond acceptors (Lipinski definition) is 4. The van der Waals surface area contributed by atoms with Crippen molar-refractivity contribution in [2.75, 3.05) is 5.73 Å². The number of nitrogens with zero attached hydrogens (tertiary/aromatic N) is 2. The van der Waals surface area contributed by atoms with Crippen molar-refractivity contribution in [3.63, 3.8) is 0 Å². The first kappa shape index (κ1) is 15.4. The quantitative estimate of drug-likeness (QED) is 0.513. The molecule has 0 atom stereocenters. The molecule has 3 heterocycles. The molecular formula is C18H14ClN5O. The van der Waals surface area contributed by atoms with Crippen LogP contribution in [0.1, 0.15) is 16.1 Å². The van der Waals surface area contributed by atoms with Crippen LogP contribution in [-0.4, -0.2) is 20.9 Å². The van der Waals surface area contributed by atoms with E-state index in [2.05, 4.69) is 15.0 Å². The molecule has 4 aromatic rings. The Bertz CT molecular complexity index is 1170. The number of H-pyrrole nitrogens is 1. The molecule has 5 N–H and O–H groups in total. The van der Waals surface area contributed by atoms with Crippen LogP contribution in [-0.2, 0) is 0 Å². The summed E-state index contributed by atoms with van der Waals surface area (Å²) < 4.78 is 0. The number of primary amides is 1. The number of halogens is 1. The minimum atomic E-state index is -0.536. The molecule has 3 aromatic heterocycles. The van der Waals surface area contributed by atoms with Gasteiger partial charge < -0.3 is 16.5 Å². The highest BCUT2D eigenvalue weighted by Gasteiger charge is 2.19. The lowest BCUT2D eigenvalue weighted by atomic mass is 9.96. The van der Waals surface area contributed by atoms with Crippen LogP contribution in [0.25, 0.3) is 32.9 Å². The number of carbonyl (C=O) groups is 1. The van der Waals surface area contributed by atoms with Crippen molar-refractivity contribution in [2.45, 2.75) is 6.92 Å². The number of aromatic amines is 1. The number of fused-ring (bicyclic) bond motifs is 3. The molecule has 25 heavy (non-hydrogen) atoms. The van der Waals surface area contributed by atoms with Crippen LogP contribution in [0.2, 0.25) is 5.02 Å². The fourth-order valence-electron chi connectivity index (χ4n) is 3.26. The lowest BCUT2D eigenvalue weighted by molar-refractivity contribution is 0.1000. The maximum atomic E-state index is 12.0. The van der Waals surface area contributed by atoms with Gasteiger partial charge in [-0.05, 0) is 30.7 Å². The number of anilines is 1. The molecule has 0 saturated carbocycles. The summed E-state index contributed by atoms with van der Waals surface area (Å²) in [6.07, 6.45) is 4.94. The number of carbonyl (C=O) groups excluding carboxylic acids is 1. The Morgan fingerprint density at radius 1 is 1.24 bits per heavy atom. The summed E-state index contributed by atoms with van der Waals surface area (Å²) in [6.45, 7) is 1.75. The molecule has 0 aliphatic carbocycles. The summed E-state index contributed by atoms with van der Waals surface area (Å²) >= 11 is 6.35. The monoisotopic (exact) mass is 351 g/mol. The average Bonchev–Trinajstić information content (AvgIpc) is 2.93. The van der Waals surface area contributed by atoms with E-state index in [1.165, 1.54) is 0 Å². The van der Waals surface area contributed by atoms with Gasteiger partial charge in [0, 0.05) is 27.6 Å². The molecule has 124 valence electrons. The van der Waals surface area contributed by atoms with E-state index < -0.39 is 5.91 Å². The Kier molecular flexibility index (Phi) is 3.36. The minimum Gasteiger partial charge on any atom is -0.397 e.